The van der Waals surface area contributed by atoms with Gasteiger partial charge in [-0.25, -0.2) is 19.9 Å². The molecule has 150 valence electrons. The first-order valence-corrected chi connectivity index (χ1v) is 9.43. The summed E-state index contributed by atoms with van der Waals surface area (Å²) < 4.78 is 5.26. The van der Waals surface area contributed by atoms with Crippen molar-refractivity contribution in [1.29, 1.82) is 5.41 Å². The van der Waals surface area contributed by atoms with Crippen molar-refractivity contribution in [1.82, 2.24) is 19.9 Å². The Morgan fingerprint density at radius 1 is 1.13 bits per heavy atom. The number of fused-ring (bicyclic) bond motifs is 1. The fourth-order valence-corrected chi connectivity index (χ4v) is 3.19. The first kappa shape index (κ1) is 19.3. The minimum atomic E-state index is 0.280. The molecule has 0 spiro atoms. The number of nitrogens with zero attached hydrogens (tertiary/aromatic N) is 4. The number of nitrogens with two attached hydrogens (primary N) is 1. The summed E-state index contributed by atoms with van der Waals surface area (Å²) in [6, 6.07) is 13.7. The Morgan fingerprint density at radius 2 is 2.03 bits per heavy atom. The molecule has 0 unspecified atom stereocenters. The Hall–Kier alpha value is -4.07. The lowest BCUT2D eigenvalue weighted by Crippen LogP contribution is -2.08. The van der Waals surface area contributed by atoms with Crippen LogP contribution in [0.4, 0.5) is 11.8 Å². The van der Waals surface area contributed by atoms with E-state index in [1.54, 1.807) is 13.3 Å². The molecule has 8 heteroatoms. The van der Waals surface area contributed by atoms with Gasteiger partial charge in [-0.05, 0) is 36.2 Å². The summed E-state index contributed by atoms with van der Waals surface area (Å²) in [5.74, 6) is 1.70. The van der Waals surface area contributed by atoms with Crippen molar-refractivity contribution in [2.75, 3.05) is 24.7 Å². The molecule has 0 saturated heterocycles. The van der Waals surface area contributed by atoms with Crippen LogP contribution in [0.2, 0.25) is 0 Å². The van der Waals surface area contributed by atoms with Crippen LogP contribution in [0.25, 0.3) is 22.2 Å². The van der Waals surface area contributed by atoms with E-state index in [4.69, 9.17) is 15.9 Å². The van der Waals surface area contributed by atoms with Gasteiger partial charge < -0.3 is 21.2 Å². The number of ether oxygens (including phenoxy) is 1. The van der Waals surface area contributed by atoms with E-state index in [9.17, 15) is 0 Å². The summed E-state index contributed by atoms with van der Waals surface area (Å²) in [6.07, 6.45) is 5.17. The number of rotatable bonds is 7. The van der Waals surface area contributed by atoms with E-state index in [1.165, 1.54) is 18.1 Å². The Labute approximate surface area is 173 Å². The molecule has 2 aromatic heterocycles. The Bertz CT molecular complexity index is 1210. The van der Waals surface area contributed by atoms with E-state index < -0.39 is 0 Å². The quantitative estimate of drug-likeness (QED) is 0.407. The van der Waals surface area contributed by atoms with Gasteiger partial charge in [0.1, 0.15) is 17.9 Å². The van der Waals surface area contributed by atoms with Crippen molar-refractivity contribution in [2.45, 2.75) is 6.42 Å². The van der Waals surface area contributed by atoms with Crippen molar-refractivity contribution in [3.8, 4) is 17.0 Å². The summed E-state index contributed by atoms with van der Waals surface area (Å²) in [4.78, 5) is 17.2. The lowest BCUT2D eigenvalue weighted by Gasteiger charge is -2.09. The first-order valence-electron chi connectivity index (χ1n) is 9.43. The molecule has 0 atom stereocenters. The summed E-state index contributed by atoms with van der Waals surface area (Å²) in [6.45, 7) is 0.708. The number of hydrogen-bond acceptors (Lipinski definition) is 8. The maximum atomic E-state index is 7.59. The summed E-state index contributed by atoms with van der Waals surface area (Å²) >= 11 is 0. The van der Waals surface area contributed by atoms with Gasteiger partial charge in [0.15, 0.2) is 0 Å². The van der Waals surface area contributed by atoms with Gasteiger partial charge >= 0.3 is 0 Å². The molecule has 0 aliphatic heterocycles. The van der Waals surface area contributed by atoms with E-state index in [-0.39, 0.29) is 5.82 Å². The van der Waals surface area contributed by atoms with Gasteiger partial charge in [0, 0.05) is 29.9 Å². The molecule has 0 bridgehead atoms. The average molecular weight is 399 g/mol. The summed E-state index contributed by atoms with van der Waals surface area (Å²) in [5, 5.41) is 11.7. The molecule has 4 N–H and O–H groups in total. The number of benzene rings is 2. The average Bonchev–Trinajstić information content (AvgIpc) is 2.78. The molecule has 30 heavy (non-hydrogen) atoms. The maximum absolute atomic E-state index is 7.59. The molecule has 0 aliphatic rings. The van der Waals surface area contributed by atoms with Gasteiger partial charge in [-0.3, -0.25) is 0 Å². The van der Waals surface area contributed by atoms with Crippen LogP contribution in [0.1, 0.15) is 11.1 Å². The standard InChI is InChI=1S/C22H21N7O/c1-30-17-4-2-3-14(9-17)7-8-25-22-26-12-16-10-15(5-6-19(16)29-22)20-18(11-23)21(24)28-13-27-20/h2-6,9-13,23H,7-8H2,1H3,(H2,24,27,28)(H,25,26,29). The van der Waals surface area contributed by atoms with Crippen molar-refractivity contribution in [3.63, 3.8) is 0 Å². The van der Waals surface area contributed by atoms with Crippen molar-refractivity contribution in [3.05, 3.63) is 66.1 Å². The van der Waals surface area contributed by atoms with Gasteiger partial charge in [0.05, 0.1) is 23.9 Å². The molecule has 4 rings (SSSR count). The van der Waals surface area contributed by atoms with E-state index in [0.717, 1.165) is 28.6 Å². The molecule has 0 radical (unpaired) electrons. The second kappa shape index (κ2) is 8.52. The molecule has 2 heterocycles. The number of anilines is 2. The predicted molar refractivity (Wildman–Crippen MR) is 118 cm³/mol. The lowest BCUT2D eigenvalue weighted by molar-refractivity contribution is 0.414. The highest BCUT2D eigenvalue weighted by molar-refractivity contribution is 5.94. The van der Waals surface area contributed by atoms with Crippen LogP contribution >= 0.6 is 0 Å². The zero-order valence-electron chi connectivity index (χ0n) is 16.5. The van der Waals surface area contributed by atoms with Gasteiger partial charge in [-0.1, -0.05) is 18.2 Å². The van der Waals surface area contributed by atoms with Gasteiger partial charge in [0.2, 0.25) is 5.95 Å². The number of nitrogens with one attached hydrogen (secondary N) is 2. The number of aromatic nitrogens is 4. The summed E-state index contributed by atoms with van der Waals surface area (Å²) in [5.41, 5.74) is 9.80. The Kier molecular flexibility index (Phi) is 5.47. The van der Waals surface area contributed by atoms with Crippen LogP contribution in [0.5, 0.6) is 5.75 Å². The minimum absolute atomic E-state index is 0.280. The second-order valence-corrected chi connectivity index (χ2v) is 6.66. The fraction of sp³-hybridized carbons (Fsp3) is 0.136. The van der Waals surface area contributed by atoms with Crippen molar-refractivity contribution >= 4 is 28.9 Å². The zero-order valence-corrected chi connectivity index (χ0v) is 16.5. The van der Waals surface area contributed by atoms with Gasteiger partial charge in [-0.15, -0.1) is 0 Å². The van der Waals surface area contributed by atoms with E-state index in [0.29, 0.717) is 23.8 Å². The highest BCUT2D eigenvalue weighted by Crippen LogP contribution is 2.26. The highest BCUT2D eigenvalue weighted by Gasteiger charge is 2.10. The van der Waals surface area contributed by atoms with Crippen LogP contribution in [0.15, 0.2) is 55.0 Å². The van der Waals surface area contributed by atoms with Crippen LogP contribution in [0.3, 0.4) is 0 Å². The largest absolute Gasteiger partial charge is 0.497 e. The smallest absolute Gasteiger partial charge is 0.223 e. The molecular weight excluding hydrogens is 378 g/mol. The molecule has 8 nitrogen and oxygen atoms in total. The molecule has 4 aromatic rings. The van der Waals surface area contributed by atoms with E-state index in [2.05, 4.69) is 31.3 Å². The van der Waals surface area contributed by atoms with E-state index in [1.807, 2.05) is 36.4 Å². The molecule has 0 fully saturated rings. The van der Waals surface area contributed by atoms with Crippen LogP contribution < -0.4 is 15.8 Å². The van der Waals surface area contributed by atoms with Crippen LogP contribution in [0, 0.1) is 5.41 Å². The molecule has 2 aromatic carbocycles. The summed E-state index contributed by atoms with van der Waals surface area (Å²) in [7, 11) is 1.66. The van der Waals surface area contributed by atoms with Gasteiger partial charge in [0.25, 0.3) is 0 Å². The topological polar surface area (TPSA) is 123 Å². The minimum Gasteiger partial charge on any atom is -0.497 e. The zero-order chi connectivity index (χ0) is 20.9. The molecule has 0 saturated carbocycles. The Balaban J connectivity index is 1.51. The fourth-order valence-electron chi connectivity index (χ4n) is 3.19. The Morgan fingerprint density at radius 3 is 2.87 bits per heavy atom. The van der Waals surface area contributed by atoms with E-state index >= 15 is 0 Å². The second-order valence-electron chi connectivity index (χ2n) is 6.66. The SMILES string of the molecule is COc1cccc(CCNc2ncc3cc(-c4ncnc(N)c4C=N)ccc3n2)c1. The monoisotopic (exact) mass is 399 g/mol. The highest BCUT2D eigenvalue weighted by atomic mass is 16.5. The predicted octanol–water partition coefficient (Wildman–Crippen LogP) is 3.33. The molecule has 0 aliphatic carbocycles. The van der Waals surface area contributed by atoms with Crippen LogP contribution in [-0.2, 0) is 6.42 Å². The number of methoxy groups -OCH3 is 1. The molecule has 0 amide bonds. The third-order valence-electron chi connectivity index (χ3n) is 4.74. The van der Waals surface area contributed by atoms with Crippen molar-refractivity contribution in [2.24, 2.45) is 0 Å². The normalized spacial score (nSPS) is 10.7. The van der Waals surface area contributed by atoms with Gasteiger partial charge in [-0.2, -0.15) is 0 Å². The first-order chi connectivity index (χ1) is 14.7. The maximum Gasteiger partial charge on any atom is 0.223 e. The van der Waals surface area contributed by atoms with Crippen LogP contribution in [-0.4, -0.2) is 39.8 Å². The third-order valence-corrected chi connectivity index (χ3v) is 4.74. The third kappa shape index (κ3) is 4.02. The number of nitrogen functional groups attached to an aromatic ring is 1. The lowest BCUT2D eigenvalue weighted by atomic mass is 10.1. The number of hydrogen-bond donors (Lipinski definition) is 3. The molecular formula is C22H21N7O. The van der Waals surface area contributed by atoms with Crippen molar-refractivity contribution < 1.29 is 4.74 Å².